The topological polar surface area (TPSA) is 61.8 Å². The number of carbonyl (C=O) groups is 1. The Morgan fingerprint density at radius 1 is 1.28 bits per heavy atom. The van der Waals surface area contributed by atoms with Crippen LogP contribution in [-0.2, 0) is 16.0 Å². The van der Waals surface area contributed by atoms with Crippen molar-refractivity contribution in [3.8, 4) is 0 Å². The minimum Gasteiger partial charge on any atom is -0.481 e. The summed E-state index contributed by atoms with van der Waals surface area (Å²) >= 11 is 0. The summed E-state index contributed by atoms with van der Waals surface area (Å²) < 4.78 is 6.21. The van der Waals surface area contributed by atoms with Crippen molar-refractivity contribution in [2.45, 2.75) is 57.9 Å². The van der Waals surface area contributed by atoms with Gasteiger partial charge in [0, 0.05) is 31.2 Å². The van der Waals surface area contributed by atoms with Gasteiger partial charge in [-0.2, -0.15) is 0 Å². The number of aliphatic carboxylic acids is 1. The number of nitrogens with zero attached hydrogens (tertiary/aromatic N) is 1. The summed E-state index contributed by atoms with van der Waals surface area (Å²) in [6.45, 7) is 7.55. The van der Waals surface area contributed by atoms with Crippen molar-refractivity contribution in [1.29, 1.82) is 0 Å². The highest BCUT2D eigenvalue weighted by molar-refractivity contribution is 5.66. The molecule has 1 heterocycles. The van der Waals surface area contributed by atoms with Crippen LogP contribution in [-0.4, -0.2) is 61.4 Å². The molecule has 0 aromatic heterocycles. The van der Waals surface area contributed by atoms with E-state index in [1.165, 1.54) is 24.8 Å². The molecule has 5 heteroatoms. The number of benzene rings is 1. The molecule has 3 rings (SSSR count). The van der Waals surface area contributed by atoms with Crippen molar-refractivity contribution in [3.63, 3.8) is 0 Å². The highest BCUT2D eigenvalue weighted by atomic mass is 16.5. The molecule has 1 saturated heterocycles. The SMILES string of the molecule is CC(Cc1ccccc1)NCC1(COCC2CCC2)CCN(CCC(=O)O)CC1. The number of rotatable bonds is 12. The molecule has 5 nitrogen and oxygen atoms in total. The first kappa shape index (κ1) is 22.3. The molecule has 0 bridgehead atoms. The van der Waals surface area contributed by atoms with Crippen LogP contribution >= 0.6 is 0 Å². The molecule has 0 spiro atoms. The first-order chi connectivity index (χ1) is 14.0. The Balaban J connectivity index is 1.49. The first-order valence-corrected chi connectivity index (χ1v) is 11.3. The Morgan fingerprint density at radius 2 is 2.00 bits per heavy atom. The molecule has 1 aromatic carbocycles. The highest BCUT2D eigenvalue weighted by Gasteiger charge is 2.35. The molecule has 0 radical (unpaired) electrons. The molecular formula is C24H38N2O3. The van der Waals surface area contributed by atoms with E-state index in [2.05, 4.69) is 47.5 Å². The van der Waals surface area contributed by atoms with Crippen LogP contribution in [0.4, 0.5) is 0 Å². The maximum atomic E-state index is 10.9. The van der Waals surface area contributed by atoms with Gasteiger partial charge in [-0.1, -0.05) is 36.8 Å². The largest absolute Gasteiger partial charge is 0.481 e. The van der Waals surface area contributed by atoms with Gasteiger partial charge in [-0.3, -0.25) is 4.79 Å². The zero-order chi connectivity index (χ0) is 20.5. The van der Waals surface area contributed by atoms with Gasteiger partial charge in [0.1, 0.15) is 0 Å². The van der Waals surface area contributed by atoms with E-state index < -0.39 is 5.97 Å². The second-order valence-corrected chi connectivity index (χ2v) is 9.27. The molecule has 1 unspecified atom stereocenters. The highest BCUT2D eigenvalue weighted by Crippen LogP contribution is 2.33. The quantitative estimate of drug-likeness (QED) is 0.560. The van der Waals surface area contributed by atoms with Crippen molar-refractivity contribution in [3.05, 3.63) is 35.9 Å². The van der Waals surface area contributed by atoms with Gasteiger partial charge in [-0.15, -0.1) is 0 Å². The monoisotopic (exact) mass is 402 g/mol. The Labute approximate surface area is 175 Å². The predicted octanol–water partition coefficient (Wildman–Crippen LogP) is 3.58. The van der Waals surface area contributed by atoms with Gasteiger partial charge < -0.3 is 20.1 Å². The van der Waals surface area contributed by atoms with Gasteiger partial charge in [0.25, 0.3) is 0 Å². The van der Waals surface area contributed by atoms with E-state index in [0.717, 1.165) is 58.0 Å². The van der Waals surface area contributed by atoms with E-state index in [4.69, 9.17) is 9.84 Å². The van der Waals surface area contributed by atoms with Crippen LogP contribution in [0.25, 0.3) is 0 Å². The van der Waals surface area contributed by atoms with Gasteiger partial charge in [-0.25, -0.2) is 0 Å². The summed E-state index contributed by atoms with van der Waals surface area (Å²) in [5.41, 5.74) is 1.53. The number of carboxylic acid groups (broad SMARTS) is 1. The molecule has 1 aliphatic carbocycles. The maximum absolute atomic E-state index is 10.9. The molecule has 162 valence electrons. The summed E-state index contributed by atoms with van der Waals surface area (Å²) in [5.74, 6) is 0.0646. The van der Waals surface area contributed by atoms with Gasteiger partial charge >= 0.3 is 5.97 Å². The molecule has 1 atom stereocenters. The molecule has 2 fully saturated rings. The summed E-state index contributed by atoms with van der Waals surface area (Å²) in [7, 11) is 0. The number of piperidine rings is 1. The summed E-state index contributed by atoms with van der Waals surface area (Å²) in [5, 5.41) is 12.7. The smallest absolute Gasteiger partial charge is 0.304 e. The number of likely N-dealkylation sites (tertiary alicyclic amines) is 1. The van der Waals surface area contributed by atoms with Crippen LogP contribution in [0.3, 0.4) is 0 Å². The summed E-state index contributed by atoms with van der Waals surface area (Å²) in [6, 6.07) is 11.1. The molecule has 2 N–H and O–H groups in total. The molecule has 2 aliphatic rings. The van der Waals surface area contributed by atoms with Crippen molar-refractivity contribution in [2.75, 3.05) is 39.4 Å². The van der Waals surface area contributed by atoms with Crippen LogP contribution in [0.15, 0.2) is 30.3 Å². The van der Waals surface area contributed by atoms with E-state index in [1.54, 1.807) is 0 Å². The third-order valence-electron chi connectivity index (χ3n) is 6.76. The number of hydrogen-bond acceptors (Lipinski definition) is 4. The van der Waals surface area contributed by atoms with Gasteiger partial charge in [0.15, 0.2) is 0 Å². The van der Waals surface area contributed by atoms with E-state index in [1.807, 2.05) is 0 Å². The zero-order valence-electron chi connectivity index (χ0n) is 17.9. The molecule has 1 aromatic rings. The lowest BCUT2D eigenvalue weighted by atomic mass is 9.78. The molecule has 1 aliphatic heterocycles. The lowest BCUT2D eigenvalue weighted by molar-refractivity contribution is -0.137. The van der Waals surface area contributed by atoms with Crippen LogP contribution in [0.1, 0.15) is 51.0 Å². The third-order valence-corrected chi connectivity index (χ3v) is 6.76. The lowest BCUT2D eigenvalue weighted by Gasteiger charge is -2.42. The van der Waals surface area contributed by atoms with Gasteiger partial charge in [0.2, 0.25) is 0 Å². The summed E-state index contributed by atoms with van der Waals surface area (Å²) in [6.07, 6.45) is 7.41. The molecule has 1 saturated carbocycles. The molecule has 29 heavy (non-hydrogen) atoms. The van der Waals surface area contributed by atoms with Crippen molar-refractivity contribution < 1.29 is 14.6 Å². The Bertz CT molecular complexity index is 610. The van der Waals surface area contributed by atoms with Crippen molar-refractivity contribution in [2.24, 2.45) is 11.3 Å². The predicted molar refractivity (Wildman–Crippen MR) is 116 cm³/mol. The fourth-order valence-electron chi connectivity index (χ4n) is 4.41. The van der Waals surface area contributed by atoms with E-state index in [-0.39, 0.29) is 11.8 Å². The second-order valence-electron chi connectivity index (χ2n) is 9.27. The van der Waals surface area contributed by atoms with E-state index in [0.29, 0.717) is 12.6 Å². The van der Waals surface area contributed by atoms with Crippen LogP contribution in [0.5, 0.6) is 0 Å². The van der Waals surface area contributed by atoms with Gasteiger partial charge in [0.05, 0.1) is 13.0 Å². The number of carboxylic acids is 1. The lowest BCUT2D eigenvalue weighted by Crippen LogP contribution is -2.49. The average molecular weight is 403 g/mol. The number of hydrogen-bond donors (Lipinski definition) is 2. The first-order valence-electron chi connectivity index (χ1n) is 11.3. The summed E-state index contributed by atoms with van der Waals surface area (Å²) in [4.78, 5) is 13.2. The Hall–Kier alpha value is -1.43. The van der Waals surface area contributed by atoms with Crippen LogP contribution in [0, 0.1) is 11.3 Å². The van der Waals surface area contributed by atoms with E-state index in [9.17, 15) is 4.79 Å². The van der Waals surface area contributed by atoms with Crippen LogP contribution in [0.2, 0.25) is 0 Å². The molecule has 0 amide bonds. The fraction of sp³-hybridized carbons (Fsp3) is 0.708. The Kier molecular flexibility index (Phi) is 8.52. The van der Waals surface area contributed by atoms with Crippen molar-refractivity contribution >= 4 is 5.97 Å². The second kappa shape index (κ2) is 11.1. The van der Waals surface area contributed by atoms with E-state index >= 15 is 0 Å². The zero-order valence-corrected chi connectivity index (χ0v) is 17.9. The number of ether oxygens (including phenoxy) is 1. The average Bonchev–Trinajstić information content (AvgIpc) is 2.69. The minimum absolute atomic E-state index is 0.161. The third kappa shape index (κ3) is 7.40. The maximum Gasteiger partial charge on any atom is 0.304 e. The normalized spacial score (nSPS) is 20.9. The number of nitrogens with one attached hydrogen (secondary N) is 1. The van der Waals surface area contributed by atoms with Gasteiger partial charge in [-0.05, 0) is 63.6 Å². The van der Waals surface area contributed by atoms with Crippen LogP contribution < -0.4 is 5.32 Å². The van der Waals surface area contributed by atoms with Crippen molar-refractivity contribution in [1.82, 2.24) is 10.2 Å². The standard InChI is InChI=1S/C24H38N2O3/c1-20(16-21-6-3-2-4-7-21)25-18-24(19-29-17-22-8-5-9-22)11-14-26(15-12-24)13-10-23(27)28/h2-4,6-7,20,22,25H,5,8-19H2,1H3,(H,27,28). The minimum atomic E-state index is -0.706. The molecular weight excluding hydrogens is 364 g/mol. The Morgan fingerprint density at radius 3 is 2.62 bits per heavy atom. The fourth-order valence-corrected chi connectivity index (χ4v) is 4.41.